The molecule has 0 amide bonds. The molecule has 1 N–H and O–H groups in total. The van der Waals surface area contributed by atoms with Crippen LogP contribution >= 0.6 is 0 Å². The molecule has 0 radical (unpaired) electrons. The maximum absolute atomic E-state index is 6.10. The van der Waals surface area contributed by atoms with Crippen molar-refractivity contribution in [2.24, 2.45) is 5.92 Å². The van der Waals surface area contributed by atoms with Crippen LogP contribution in [0.1, 0.15) is 46.1 Å². The zero-order valence-electron chi connectivity index (χ0n) is 13.5. The molecule has 114 valence electrons. The maximum atomic E-state index is 6.10. The van der Waals surface area contributed by atoms with Crippen molar-refractivity contribution >= 4 is 0 Å². The summed E-state index contributed by atoms with van der Waals surface area (Å²) in [6.45, 7) is 10.5. The minimum atomic E-state index is 0.208. The highest BCUT2D eigenvalue weighted by atomic mass is 16.5. The van der Waals surface area contributed by atoms with Crippen LogP contribution < -0.4 is 14.8 Å². The van der Waals surface area contributed by atoms with Crippen LogP contribution in [0.3, 0.4) is 0 Å². The Kier molecular flexibility index (Phi) is 7.45. The lowest BCUT2D eigenvalue weighted by Gasteiger charge is -2.20. The molecule has 0 fully saturated rings. The first-order valence-electron chi connectivity index (χ1n) is 7.61. The normalized spacial score (nSPS) is 12.5. The molecular weight excluding hydrogens is 250 g/mol. The molecule has 1 aromatic carbocycles. The van der Waals surface area contributed by atoms with Crippen LogP contribution in [-0.4, -0.2) is 19.8 Å². The SMILES string of the molecule is CCCC(C)Oc1c(CNCC(C)C)cccc1OC. The van der Waals surface area contributed by atoms with Gasteiger partial charge < -0.3 is 14.8 Å². The van der Waals surface area contributed by atoms with E-state index in [9.17, 15) is 0 Å². The first-order chi connectivity index (χ1) is 9.58. The standard InChI is InChI=1S/C17H29NO2/c1-6-8-14(4)20-17-15(12-18-11-13(2)3)9-7-10-16(17)19-5/h7,9-10,13-14,18H,6,8,11-12H2,1-5H3. The third-order valence-corrected chi connectivity index (χ3v) is 3.16. The summed E-state index contributed by atoms with van der Waals surface area (Å²) in [5, 5.41) is 3.46. The molecule has 0 heterocycles. The van der Waals surface area contributed by atoms with Crippen LogP contribution in [0.2, 0.25) is 0 Å². The lowest BCUT2D eigenvalue weighted by Crippen LogP contribution is -2.20. The Hall–Kier alpha value is -1.22. The lowest BCUT2D eigenvalue weighted by atomic mass is 10.1. The van der Waals surface area contributed by atoms with Crippen molar-refractivity contribution in [1.29, 1.82) is 0 Å². The van der Waals surface area contributed by atoms with Gasteiger partial charge in [-0.15, -0.1) is 0 Å². The number of hydrogen-bond acceptors (Lipinski definition) is 3. The third-order valence-electron chi connectivity index (χ3n) is 3.16. The average molecular weight is 279 g/mol. The second kappa shape index (κ2) is 8.85. The first kappa shape index (κ1) is 16.8. The summed E-state index contributed by atoms with van der Waals surface area (Å²) in [4.78, 5) is 0. The highest BCUT2D eigenvalue weighted by Gasteiger charge is 2.13. The highest BCUT2D eigenvalue weighted by Crippen LogP contribution is 2.32. The number of rotatable bonds is 9. The fourth-order valence-corrected chi connectivity index (χ4v) is 2.16. The summed E-state index contributed by atoms with van der Waals surface area (Å²) in [6, 6.07) is 6.08. The maximum Gasteiger partial charge on any atom is 0.166 e. The van der Waals surface area contributed by atoms with Crippen LogP contribution in [0.4, 0.5) is 0 Å². The van der Waals surface area contributed by atoms with Gasteiger partial charge in [0.25, 0.3) is 0 Å². The number of methoxy groups -OCH3 is 1. The van der Waals surface area contributed by atoms with Crippen molar-refractivity contribution in [1.82, 2.24) is 5.32 Å². The van der Waals surface area contributed by atoms with Gasteiger partial charge in [0, 0.05) is 12.1 Å². The largest absolute Gasteiger partial charge is 0.493 e. The summed E-state index contributed by atoms with van der Waals surface area (Å²) in [5.74, 6) is 2.34. The molecule has 0 saturated heterocycles. The quantitative estimate of drug-likeness (QED) is 0.741. The molecule has 3 nitrogen and oxygen atoms in total. The van der Waals surface area contributed by atoms with Gasteiger partial charge in [0.15, 0.2) is 11.5 Å². The van der Waals surface area contributed by atoms with Crippen LogP contribution in [0.5, 0.6) is 11.5 Å². The van der Waals surface area contributed by atoms with Crippen LogP contribution in [0.15, 0.2) is 18.2 Å². The van der Waals surface area contributed by atoms with Gasteiger partial charge >= 0.3 is 0 Å². The number of para-hydroxylation sites is 1. The van der Waals surface area contributed by atoms with Gasteiger partial charge in [-0.2, -0.15) is 0 Å². The van der Waals surface area contributed by atoms with Crippen molar-refractivity contribution < 1.29 is 9.47 Å². The average Bonchev–Trinajstić information content (AvgIpc) is 2.40. The van der Waals surface area contributed by atoms with Gasteiger partial charge in [0.05, 0.1) is 13.2 Å². The van der Waals surface area contributed by atoms with Gasteiger partial charge in [0.1, 0.15) is 0 Å². The fraction of sp³-hybridized carbons (Fsp3) is 0.647. The van der Waals surface area contributed by atoms with Gasteiger partial charge in [0.2, 0.25) is 0 Å². The van der Waals surface area contributed by atoms with Crippen LogP contribution in [0.25, 0.3) is 0 Å². The molecule has 1 rings (SSSR count). The van der Waals surface area contributed by atoms with Gasteiger partial charge in [-0.25, -0.2) is 0 Å². The Labute approximate surface area is 123 Å². The van der Waals surface area contributed by atoms with E-state index in [0.717, 1.165) is 43.0 Å². The minimum Gasteiger partial charge on any atom is -0.493 e. The Morgan fingerprint density at radius 2 is 1.95 bits per heavy atom. The summed E-state index contributed by atoms with van der Waals surface area (Å²) in [7, 11) is 1.69. The van der Waals surface area contributed by atoms with Crippen molar-refractivity contribution in [2.45, 2.75) is 53.2 Å². The van der Waals surface area contributed by atoms with Crippen molar-refractivity contribution in [3.63, 3.8) is 0 Å². The zero-order valence-corrected chi connectivity index (χ0v) is 13.5. The van der Waals surface area contributed by atoms with E-state index in [0.29, 0.717) is 5.92 Å². The van der Waals surface area contributed by atoms with E-state index in [1.807, 2.05) is 12.1 Å². The molecule has 0 aliphatic heterocycles. The zero-order chi connectivity index (χ0) is 15.0. The van der Waals surface area contributed by atoms with E-state index >= 15 is 0 Å². The second-order valence-electron chi connectivity index (χ2n) is 5.69. The van der Waals surface area contributed by atoms with E-state index in [-0.39, 0.29) is 6.10 Å². The van der Waals surface area contributed by atoms with Gasteiger partial charge in [-0.05, 0) is 31.9 Å². The Bertz CT molecular complexity index is 391. The number of benzene rings is 1. The van der Waals surface area contributed by atoms with Crippen molar-refractivity contribution in [3.05, 3.63) is 23.8 Å². The molecule has 1 unspecified atom stereocenters. The molecular formula is C17H29NO2. The predicted molar refractivity (Wildman–Crippen MR) is 84.5 cm³/mol. The van der Waals surface area contributed by atoms with E-state index in [1.165, 1.54) is 0 Å². The number of hydrogen-bond donors (Lipinski definition) is 1. The third kappa shape index (κ3) is 5.41. The van der Waals surface area contributed by atoms with Crippen LogP contribution in [0, 0.1) is 5.92 Å². The number of nitrogens with one attached hydrogen (secondary N) is 1. The van der Waals surface area contributed by atoms with Crippen molar-refractivity contribution in [2.75, 3.05) is 13.7 Å². The molecule has 1 atom stereocenters. The molecule has 0 saturated carbocycles. The minimum absolute atomic E-state index is 0.208. The Morgan fingerprint density at radius 1 is 1.20 bits per heavy atom. The molecule has 0 bridgehead atoms. The van der Waals surface area contributed by atoms with E-state index < -0.39 is 0 Å². The monoisotopic (exact) mass is 279 g/mol. The lowest BCUT2D eigenvalue weighted by molar-refractivity contribution is 0.198. The highest BCUT2D eigenvalue weighted by molar-refractivity contribution is 5.46. The topological polar surface area (TPSA) is 30.5 Å². The molecule has 1 aromatic rings. The summed E-state index contributed by atoms with van der Waals surface area (Å²) in [5.41, 5.74) is 1.16. The smallest absolute Gasteiger partial charge is 0.166 e. The molecule has 20 heavy (non-hydrogen) atoms. The predicted octanol–water partition coefficient (Wildman–Crippen LogP) is 4.01. The van der Waals surface area contributed by atoms with Gasteiger partial charge in [-0.1, -0.05) is 39.3 Å². The molecule has 0 aromatic heterocycles. The summed E-state index contributed by atoms with van der Waals surface area (Å²) in [6.07, 6.45) is 2.38. The van der Waals surface area contributed by atoms with E-state index in [2.05, 4.69) is 39.1 Å². The van der Waals surface area contributed by atoms with Gasteiger partial charge in [-0.3, -0.25) is 0 Å². The molecule has 0 aliphatic carbocycles. The Morgan fingerprint density at radius 3 is 2.55 bits per heavy atom. The van der Waals surface area contributed by atoms with E-state index in [1.54, 1.807) is 7.11 Å². The first-order valence-corrected chi connectivity index (χ1v) is 7.61. The molecule has 0 spiro atoms. The molecule has 3 heteroatoms. The van der Waals surface area contributed by atoms with Crippen molar-refractivity contribution in [3.8, 4) is 11.5 Å². The summed E-state index contributed by atoms with van der Waals surface area (Å²) < 4.78 is 11.5. The summed E-state index contributed by atoms with van der Waals surface area (Å²) >= 11 is 0. The molecule has 0 aliphatic rings. The Balaban J connectivity index is 2.80. The van der Waals surface area contributed by atoms with E-state index in [4.69, 9.17) is 9.47 Å². The second-order valence-corrected chi connectivity index (χ2v) is 5.69. The van der Waals surface area contributed by atoms with Crippen LogP contribution in [-0.2, 0) is 6.54 Å². The fourth-order valence-electron chi connectivity index (χ4n) is 2.16. The number of ether oxygens (including phenoxy) is 2.